The van der Waals surface area contributed by atoms with Gasteiger partial charge in [0.2, 0.25) is 0 Å². The van der Waals surface area contributed by atoms with Crippen molar-refractivity contribution >= 4 is 33.1 Å². The summed E-state index contributed by atoms with van der Waals surface area (Å²) in [5, 5.41) is 0. The number of ether oxygens (including phenoxy) is 1. The van der Waals surface area contributed by atoms with E-state index in [0.29, 0.717) is 11.6 Å². The van der Waals surface area contributed by atoms with E-state index in [-0.39, 0.29) is 0 Å². The maximum atomic E-state index is 5.80. The zero-order chi connectivity index (χ0) is 13.0. The standard InChI is InChI=1S/C13H17BrN2OS/c14-10-4-3-5-11(12(10)13(15)18)17-9-8-16-6-1-2-7-16/h3-5H,1-2,6-9H2,(H2,15,18). The number of benzene rings is 1. The molecule has 0 bridgehead atoms. The van der Waals surface area contributed by atoms with Gasteiger partial charge in [-0.05, 0) is 54.0 Å². The molecule has 1 aromatic rings. The van der Waals surface area contributed by atoms with Gasteiger partial charge in [0.1, 0.15) is 17.3 Å². The lowest BCUT2D eigenvalue weighted by atomic mass is 10.2. The Bertz CT molecular complexity index is 433. The molecular weight excluding hydrogens is 312 g/mol. The first-order valence-electron chi connectivity index (χ1n) is 6.12. The summed E-state index contributed by atoms with van der Waals surface area (Å²) in [7, 11) is 0. The van der Waals surface area contributed by atoms with Gasteiger partial charge in [0.05, 0.1) is 5.56 Å². The Labute approximate surface area is 121 Å². The molecule has 1 fully saturated rings. The molecular formula is C13H17BrN2OS. The van der Waals surface area contributed by atoms with E-state index in [0.717, 1.165) is 22.3 Å². The number of halogens is 1. The van der Waals surface area contributed by atoms with Gasteiger partial charge < -0.3 is 10.5 Å². The fourth-order valence-corrected chi connectivity index (χ4v) is 3.06. The monoisotopic (exact) mass is 328 g/mol. The lowest BCUT2D eigenvalue weighted by molar-refractivity contribution is 0.237. The summed E-state index contributed by atoms with van der Waals surface area (Å²) in [5.74, 6) is 0.760. The molecule has 0 aliphatic carbocycles. The van der Waals surface area contributed by atoms with Gasteiger partial charge in [0, 0.05) is 11.0 Å². The Hall–Kier alpha value is -0.650. The molecule has 98 valence electrons. The second-order valence-corrected chi connectivity index (χ2v) is 5.67. The third-order valence-electron chi connectivity index (χ3n) is 3.09. The number of rotatable bonds is 5. The second-order valence-electron chi connectivity index (χ2n) is 4.37. The minimum atomic E-state index is 0.360. The fraction of sp³-hybridized carbons (Fsp3) is 0.462. The van der Waals surface area contributed by atoms with Crippen molar-refractivity contribution in [2.24, 2.45) is 5.73 Å². The van der Waals surface area contributed by atoms with E-state index in [1.165, 1.54) is 25.9 Å². The second kappa shape index (κ2) is 6.50. The summed E-state index contributed by atoms with van der Waals surface area (Å²) in [4.78, 5) is 2.77. The van der Waals surface area contributed by atoms with Crippen LogP contribution >= 0.6 is 28.1 Å². The highest BCUT2D eigenvalue weighted by Gasteiger charge is 2.13. The van der Waals surface area contributed by atoms with Gasteiger partial charge in [-0.2, -0.15) is 0 Å². The normalized spacial score (nSPS) is 15.8. The highest BCUT2D eigenvalue weighted by molar-refractivity contribution is 9.10. The highest BCUT2D eigenvalue weighted by atomic mass is 79.9. The molecule has 1 heterocycles. The molecule has 3 nitrogen and oxygen atoms in total. The third-order valence-corrected chi connectivity index (χ3v) is 3.95. The van der Waals surface area contributed by atoms with Crippen molar-refractivity contribution in [3.63, 3.8) is 0 Å². The van der Waals surface area contributed by atoms with Crippen LogP contribution in [0.1, 0.15) is 18.4 Å². The number of nitrogens with zero attached hydrogens (tertiary/aromatic N) is 1. The van der Waals surface area contributed by atoms with E-state index in [4.69, 9.17) is 22.7 Å². The van der Waals surface area contributed by atoms with Crippen LogP contribution in [0.3, 0.4) is 0 Å². The molecule has 0 radical (unpaired) electrons. The van der Waals surface area contributed by atoms with Gasteiger partial charge >= 0.3 is 0 Å². The molecule has 1 aliphatic heterocycles. The van der Waals surface area contributed by atoms with E-state index in [9.17, 15) is 0 Å². The van der Waals surface area contributed by atoms with Crippen LogP contribution in [0.4, 0.5) is 0 Å². The quantitative estimate of drug-likeness (QED) is 0.843. The van der Waals surface area contributed by atoms with E-state index in [1.54, 1.807) is 0 Å². The molecule has 5 heteroatoms. The predicted molar refractivity (Wildman–Crippen MR) is 81.2 cm³/mol. The number of likely N-dealkylation sites (tertiary alicyclic amines) is 1. The largest absolute Gasteiger partial charge is 0.491 e. The summed E-state index contributed by atoms with van der Waals surface area (Å²) in [5.41, 5.74) is 6.51. The Kier molecular flexibility index (Phi) is 4.97. The van der Waals surface area contributed by atoms with Crippen LogP contribution in [0.5, 0.6) is 5.75 Å². The minimum absolute atomic E-state index is 0.360. The van der Waals surface area contributed by atoms with Crippen molar-refractivity contribution in [2.45, 2.75) is 12.8 Å². The van der Waals surface area contributed by atoms with Gasteiger partial charge in [0.25, 0.3) is 0 Å². The summed E-state index contributed by atoms with van der Waals surface area (Å²) in [6.45, 7) is 4.00. The Morgan fingerprint density at radius 3 is 2.78 bits per heavy atom. The minimum Gasteiger partial charge on any atom is -0.491 e. The van der Waals surface area contributed by atoms with Crippen molar-refractivity contribution in [1.29, 1.82) is 0 Å². The maximum Gasteiger partial charge on any atom is 0.130 e. The summed E-state index contributed by atoms with van der Waals surface area (Å²) in [6.07, 6.45) is 2.60. The SMILES string of the molecule is NC(=S)c1c(Br)cccc1OCCN1CCCC1. The van der Waals surface area contributed by atoms with E-state index in [1.807, 2.05) is 18.2 Å². The van der Waals surface area contributed by atoms with Crippen molar-refractivity contribution in [3.8, 4) is 5.75 Å². The molecule has 1 aromatic carbocycles. The van der Waals surface area contributed by atoms with Crippen LogP contribution in [0, 0.1) is 0 Å². The number of thiocarbonyl (C=S) groups is 1. The van der Waals surface area contributed by atoms with Gasteiger partial charge in [-0.1, -0.05) is 18.3 Å². The zero-order valence-electron chi connectivity index (χ0n) is 10.2. The predicted octanol–water partition coefficient (Wildman–Crippen LogP) is 2.56. The van der Waals surface area contributed by atoms with Crippen LogP contribution in [-0.2, 0) is 0 Å². The molecule has 0 atom stereocenters. The average molecular weight is 329 g/mol. The van der Waals surface area contributed by atoms with Crippen molar-refractivity contribution in [3.05, 3.63) is 28.2 Å². The van der Waals surface area contributed by atoms with Gasteiger partial charge in [0.15, 0.2) is 0 Å². The molecule has 0 spiro atoms. The molecule has 2 rings (SSSR count). The third kappa shape index (κ3) is 3.43. The maximum absolute atomic E-state index is 5.80. The van der Waals surface area contributed by atoms with Crippen LogP contribution in [0.15, 0.2) is 22.7 Å². The lowest BCUT2D eigenvalue weighted by Gasteiger charge is -2.16. The highest BCUT2D eigenvalue weighted by Crippen LogP contribution is 2.26. The summed E-state index contributed by atoms with van der Waals surface area (Å²) >= 11 is 8.50. The first kappa shape index (κ1) is 13.8. The molecule has 1 aliphatic rings. The fourth-order valence-electron chi connectivity index (χ4n) is 2.15. The van der Waals surface area contributed by atoms with Gasteiger partial charge in [-0.15, -0.1) is 0 Å². The number of hydrogen-bond acceptors (Lipinski definition) is 3. The van der Waals surface area contributed by atoms with E-state index < -0.39 is 0 Å². The van der Waals surface area contributed by atoms with Crippen molar-refractivity contribution in [1.82, 2.24) is 4.90 Å². The molecule has 0 unspecified atom stereocenters. The van der Waals surface area contributed by atoms with Crippen LogP contribution in [0.2, 0.25) is 0 Å². The molecule has 18 heavy (non-hydrogen) atoms. The number of hydrogen-bond donors (Lipinski definition) is 1. The summed E-state index contributed by atoms with van der Waals surface area (Å²) in [6, 6.07) is 5.75. The molecule has 0 saturated carbocycles. The van der Waals surface area contributed by atoms with Crippen LogP contribution in [-0.4, -0.2) is 36.1 Å². The first-order chi connectivity index (χ1) is 8.68. The van der Waals surface area contributed by atoms with E-state index >= 15 is 0 Å². The summed E-state index contributed by atoms with van der Waals surface area (Å²) < 4.78 is 6.69. The van der Waals surface area contributed by atoms with Gasteiger partial charge in [-0.25, -0.2) is 0 Å². The van der Waals surface area contributed by atoms with Crippen molar-refractivity contribution < 1.29 is 4.74 Å². The zero-order valence-corrected chi connectivity index (χ0v) is 12.6. The molecule has 2 N–H and O–H groups in total. The Balaban J connectivity index is 1.96. The first-order valence-corrected chi connectivity index (χ1v) is 7.32. The molecule has 0 aromatic heterocycles. The van der Waals surface area contributed by atoms with Crippen molar-refractivity contribution in [2.75, 3.05) is 26.2 Å². The van der Waals surface area contributed by atoms with Crippen LogP contribution in [0.25, 0.3) is 0 Å². The molecule has 1 saturated heterocycles. The van der Waals surface area contributed by atoms with E-state index in [2.05, 4.69) is 20.8 Å². The van der Waals surface area contributed by atoms with Crippen LogP contribution < -0.4 is 10.5 Å². The molecule has 0 amide bonds. The lowest BCUT2D eigenvalue weighted by Crippen LogP contribution is -2.25. The van der Waals surface area contributed by atoms with Gasteiger partial charge in [-0.3, -0.25) is 4.90 Å². The topological polar surface area (TPSA) is 38.5 Å². The smallest absolute Gasteiger partial charge is 0.130 e. The number of nitrogens with two attached hydrogens (primary N) is 1. The Morgan fingerprint density at radius 1 is 1.39 bits per heavy atom. The Morgan fingerprint density at radius 2 is 2.11 bits per heavy atom. The average Bonchev–Trinajstić information content (AvgIpc) is 2.81.